The van der Waals surface area contributed by atoms with Gasteiger partial charge in [-0.05, 0) is 42.0 Å². The van der Waals surface area contributed by atoms with E-state index in [1.54, 1.807) is 5.32 Å². The van der Waals surface area contributed by atoms with Gasteiger partial charge in [-0.2, -0.15) is 17.5 Å². The van der Waals surface area contributed by atoms with Crippen molar-refractivity contribution < 1.29 is 35.6 Å². The molecule has 2 aromatic rings. The van der Waals surface area contributed by atoms with Crippen LogP contribution in [0, 0.1) is 5.82 Å². The van der Waals surface area contributed by atoms with Crippen molar-refractivity contribution in [3.63, 3.8) is 0 Å². The van der Waals surface area contributed by atoms with E-state index in [9.17, 15) is 35.6 Å². The summed E-state index contributed by atoms with van der Waals surface area (Å²) < 4.78 is 76.1. The molecule has 0 aliphatic carbocycles. The molecular formula is C20H21F4N3O4S. The van der Waals surface area contributed by atoms with E-state index in [0.29, 0.717) is 5.56 Å². The molecule has 0 spiro atoms. The third-order valence-corrected chi connectivity index (χ3v) is 6.21. The first-order valence-electron chi connectivity index (χ1n) is 9.38. The van der Waals surface area contributed by atoms with Crippen LogP contribution in [0.3, 0.4) is 0 Å². The van der Waals surface area contributed by atoms with Crippen LogP contribution >= 0.6 is 0 Å². The number of hydrogen-bond donors (Lipinski definition) is 2. The Balaban J connectivity index is 2.01. The maximum absolute atomic E-state index is 12.9. The van der Waals surface area contributed by atoms with E-state index in [-0.39, 0.29) is 23.5 Å². The van der Waals surface area contributed by atoms with E-state index in [2.05, 4.69) is 5.32 Å². The van der Waals surface area contributed by atoms with Gasteiger partial charge in [-0.15, -0.1) is 0 Å². The number of rotatable bonds is 9. The minimum Gasteiger partial charge on any atom is -0.351 e. The van der Waals surface area contributed by atoms with Gasteiger partial charge in [0.2, 0.25) is 15.9 Å². The van der Waals surface area contributed by atoms with Crippen molar-refractivity contribution in [1.29, 1.82) is 0 Å². The molecule has 2 amide bonds. The van der Waals surface area contributed by atoms with Gasteiger partial charge in [0.1, 0.15) is 12.4 Å². The molecule has 0 bridgehead atoms. The summed E-state index contributed by atoms with van der Waals surface area (Å²) in [6.45, 7) is -0.404. The maximum Gasteiger partial charge on any atom is 0.405 e. The minimum atomic E-state index is -4.57. The second kappa shape index (κ2) is 10.6. The molecule has 2 aromatic carbocycles. The zero-order chi connectivity index (χ0) is 23.9. The molecule has 0 fully saturated rings. The molecule has 32 heavy (non-hydrogen) atoms. The Bertz CT molecular complexity index is 1040. The zero-order valence-corrected chi connectivity index (χ0v) is 17.8. The highest BCUT2D eigenvalue weighted by molar-refractivity contribution is 7.89. The Labute approximate surface area is 182 Å². The van der Waals surface area contributed by atoms with Crippen molar-refractivity contribution in [1.82, 2.24) is 14.9 Å². The number of carbonyl (C=O) groups excluding carboxylic acids is 2. The highest BCUT2D eigenvalue weighted by Crippen LogP contribution is 2.17. The van der Waals surface area contributed by atoms with E-state index in [1.807, 2.05) is 0 Å². The van der Waals surface area contributed by atoms with Crippen LogP contribution in [0.1, 0.15) is 22.8 Å². The SMILES string of the molecule is CCN(CC(=O)NCc1ccc(F)cc1)S(=O)(=O)c1ccc(C(=O)NCC(F)(F)F)cc1. The van der Waals surface area contributed by atoms with E-state index < -0.39 is 46.9 Å². The third kappa shape index (κ3) is 7.31. The summed E-state index contributed by atoms with van der Waals surface area (Å²) in [7, 11) is -4.10. The third-order valence-electron chi connectivity index (χ3n) is 4.28. The number of hydrogen-bond acceptors (Lipinski definition) is 4. The lowest BCUT2D eigenvalue weighted by molar-refractivity contribution is -0.123. The van der Waals surface area contributed by atoms with Crippen LogP contribution < -0.4 is 10.6 Å². The molecule has 7 nitrogen and oxygen atoms in total. The first kappa shape index (κ1) is 25.3. The lowest BCUT2D eigenvalue weighted by Crippen LogP contribution is -2.40. The van der Waals surface area contributed by atoms with Gasteiger partial charge in [0.05, 0.1) is 11.4 Å². The molecule has 0 aliphatic heterocycles. The smallest absolute Gasteiger partial charge is 0.351 e. The summed E-state index contributed by atoms with van der Waals surface area (Å²) in [6.07, 6.45) is -4.57. The normalized spacial score (nSPS) is 11.9. The molecule has 0 saturated heterocycles. The van der Waals surface area contributed by atoms with Crippen molar-refractivity contribution in [3.8, 4) is 0 Å². The van der Waals surface area contributed by atoms with E-state index >= 15 is 0 Å². The van der Waals surface area contributed by atoms with Gasteiger partial charge in [-0.25, -0.2) is 12.8 Å². The summed E-state index contributed by atoms with van der Waals surface area (Å²) in [5, 5.41) is 4.23. The van der Waals surface area contributed by atoms with Crippen LogP contribution in [0.15, 0.2) is 53.4 Å². The predicted octanol–water partition coefficient (Wildman–Crippen LogP) is 2.44. The van der Waals surface area contributed by atoms with Gasteiger partial charge in [0.25, 0.3) is 5.91 Å². The lowest BCUT2D eigenvalue weighted by Gasteiger charge is -2.20. The number of likely N-dealkylation sites (N-methyl/N-ethyl adjacent to an activating group) is 1. The van der Waals surface area contributed by atoms with Crippen molar-refractivity contribution >= 4 is 21.8 Å². The van der Waals surface area contributed by atoms with Crippen LogP contribution in [-0.4, -0.2) is 50.3 Å². The van der Waals surface area contributed by atoms with Gasteiger partial charge in [0, 0.05) is 18.7 Å². The van der Waals surface area contributed by atoms with Gasteiger partial charge >= 0.3 is 6.18 Å². The van der Waals surface area contributed by atoms with Crippen LogP contribution in [0.5, 0.6) is 0 Å². The Morgan fingerprint density at radius 3 is 2.09 bits per heavy atom. The lowest BCUT2D eigenvalue weighted by atomic mass is 10.2. The summed E-state index contributed by atoms with van der Waals surface area (Å²) in [5.41, 5.74) is 0.485. The average molecular weight is 475 g/mol. The molecule has 2 N–H and O–H groups in total. The van der Waals surface area contributed by atoms with Gasteiger partial charge in [-0.3, -0.25) is 9.59 Å². The molecule has 0 atom stereocenters. The minimum absolute atomic E-state index is 0.0277. The van der Waals surface area contributed by atoms with E-state index in [4.69, 9.17) is 0 Å². The van der Waals surface area contributed by atoms with Crippen molar-refractivity contribution in [2.45, 2.75) is 24.5 Å². The molecule has 0 aliphatic rings. The summed E-state index contributed by atoms with van der Waals surface area (Å²) >= 11 is 0. The molecule has 0 saturated carbocycles. The fourth-order valence-corrected chi connectivity index (χ4v) is 4.00. The van der Waals surface area contributed by atoms with Gasteiger partial charge in [-0.1, -0.05) is 19.1 Å². The van der Waals surface area contributed by atoms with E-state index in [1.165, 1.54) is 31.2 Å². The Hall–Kier alpha value is -2.99. The highest BCUT2D eigenvalue weighted by atomic mass is 32.2. The van der Waals surface area contributed by atoms with Crippen molar-refractivity contribution in [2.75, 3.05) is 19.6 Å². The number of sulfonamides is 1. The number of benzene rings is 2. The number of halogens is 4. The molecule has 2 rings (SSSR count). The number of amides is 2. The van der Waals surface area contributed by atoms with Gasteiger partial charge < -0.3 is 10.6 Å². The number of nitrogens with one attached hydrogen (secondary N) is 2. The summed E-state index contributed by atoms with van der Waals surface area (Å²) in [5.74, 6) is -2.01. The molecular weight excluding hydrogens is 454 g/mol. The molecule has 0 unspecified atom stereocenters. The van der Waals surface area contributed by atoms with Crippen LogP contribution in [0.25, 0.3) is 0 Å². The molecule has 0 aromatic heterocycles. The van der Waals surface area contributed by atoms with Crippen LogP contribution in [-0.2, 0) is 21.4 Å². The zero-order valence-electron chi connectivity index (χ0n) is 16.9. The largest absolute Gasteiger partial charge is 0.405 e. The summed E-state index contributed by atoms with van der Waals surface area (Å²) in [6, 6.07) is 9.76. The fraction of sp³-hybridized carbons (Fsp3) is 0.300. The standard InChI is InChI=1S/C20H21F4N3O4S/c1-2-27(12-18(28)25-11-14-3-7-16(21)8-4-14)32(30,31)17-9-5-15(6-10-17)19(29)26-13-20(22,23)24/h3-10H,2,11-13H2,1H3,(H,25,28)(H,26,29). The van der Waals surface area contributed by atoms with E-state index in [0.717, 1.165) is 28.6 Å². The molecule has 12 heteroatoms. The van der Waals surface area contributed by atoms with Crippen molar-refractivity contribution in [2.24, 2.45) is 0 Å². The van der Waals surface area contributed by atoms with Crippen LogP contribution in [0.4, 0.5) is 17.6 Å². The topological polar surface area (TPSA) is 95.6 Å². The first-order chi connectivity index (χ1) is 14.9. The highest BCUT2D eigenvalue weighted by Gasteiger charge is 2.28. The number of nitrogens with zero attached hydrogens (tertiary/aromatic N) is 1. The Kier molecular flexibility index (Phi) is 8.33. The maximum atomic E-state index is 12.9. The fourth-order valence-electron chi connectivity index (χ4n) is 2.60. The second-order valence-corrected chi connectivity index (χ2v) is 8.59. The second-order valence-electron chi connectivity index (χ2n) is 6.66. The number of alkyl halides is 3. The summed E-state index contributed by atoms with van der Waals surface area (Å²) in [4.78, 5) is 23.7. The predicted molar refractivity (Wildman–Crippen MR) is 108 cm³/mol. The Morgan fingerprint density at radius 1 is 0.969 bits per heavy atom. The molecule has 174 valence electrons. The average Bonchev–Trinajstić information content (AvgIpc) is 2.74. The van der Waals surface area contributed by atoms with Crippen LogP contribution in [0.2, 0.25) is 0 Å². The Morgan fingerprint density at radius 2 is 1.56 bits per heavy atom. The van der Waals surface area contributed by atoms with Crippen molar-refractivity contribution in [3.05, 3.63) is 65.5 Å². The quantitative estimate of drug-likeness (QED) is 0.545. The molecule has 0 radical (unpaired) electrons. The number of carbonyl (C=O) groups is 2. The first-order valence-corrected chi connectivity index (χ1v) is 10.8. The van der Waals surface area contributed by atoms with Gasteiger partial charge in [0.15, 0.2) is 0 Å². The molecule has 0 heterocycles. The monoisotopic (exact) mass is 475 g/mol.